The molecule has 0 atom stereocenters. The Morgan fingerprint density at radius 2 is 1.88 bits per heavy atom. The number of nitrogens with one attached hydrogen (secondary N) is 2. The maximum absolute atomic E-state index is 4.40. The summed E-state index contributed by atoms with van der Waals surface area (Å²) in [5.41, 5.74) is 1.34. The molecule has 3 rings (SSSR count). The Labute approximate surface area is 156 Å². The summed E-state index contributed by atoms with van der Waals surface area (Å²) in [6.45, 7) is 2.84. The number of aromatic nitrogens is 3. The molecule has 0 radical (unpaired) electrons. The average molecular weight is 355 g/mol. The zero-order valence-corrected chi connectivity index (χ0v) is 15.7. The molecule has 0 saturated heterocycles. The van der Waals surface area contributed by atoms with Crippen LogP contribution in [-0.2, 0) is 25.8 Å². The molecule has 26 heavy (non-hydrogen) atoms. The predicted octanol–water partition coefficient (Wildman–Crippen LogP) is 2.34. The lowest BCUT2D eigenvalue weighted by molar-refractivity contribution is 0.594. The normalized spacial score (nSPS) is 14.6. The lowest BCUT2D eigenvalue weighted by Gasteiger charge is -2.12. The second-order valence-corrected chi connectivity index (χ2v) is 6.76. The fourth-order valence-corrected chi connectivity index (χ4v) is 3.37. The van der Waals surface area contributed by atoms with Crippen molar-refractivity contribution in [3.63, 3.8) is 0 Å². The van der Waals surface area contributed by atoms with Crippen LogP contribution in [0.1, 0.15) is 42.9 Å². The van der Waals surface area contributed by atoms with Gasteiger partial charge >= 0.3 is 0 Å². The molecule has 1 aliphatic heterocycles. The number of aryl methyl sites for hydroxylation is 2. The summed E-state index contributed by atoms with van der Waals surface area (Å²) >= 11 is 0. The summed E-state index contributed by atoms with van der Waals surface area (Å²) in [5.74, 6) is 3.17. The van der Waals surface area contributed by atoms with Gasteiger partial charge < -0.3 is 15.2 Å². The SMILES string of the molecule is CN=C(NCCCc1nnc2n1CCCCC2)NCCc1ccccc1. The molecule has 6 nitrogen and oxygen atoms in total. The molecule has 0 fully saturated rings. The first-order valence-corrected chi connectivity index (χ1v) is 9.76. The van der Waals surface area contributed by atoms with Gasteiger partial charge in [0.1, 0.15) is 11.6 Å². The minimum absolute atomic E-state index is 0.862. The van der Waals surface area contributed by atoms with Crippen LogP contribution in [0.15, 0.2) is 35.3 Å². The van der Waals surface area contributed by atoms with Gasteiger partial charge in [-0.25, -0.2) is 0 Å². The monoisotopic (exact) mass is 354 g/mol. The van der Waals surface area contributed by atoms with Gasteiger partial charge in [0.05, 0.1) is 0 Å². The molecule has 1 aliphatic rings. The number of hydrogen-bond acceptors (Lipinski definition) is 3. The van der Waals surface area contributed by atoms with E-state index in [1.807, 2.05) is 13.1 Å². The van der Waals surface area contributed by atoms with Crippen molar-refractivity contribution in [3.05, 3.63) is 47.5 Å². The number of guanidine groups is 1. The molecule has 0 bridgehead atoms. The van der Waals surface area contributed by atoms with Gasteiger partial charge in [-0.05, 0) is 31.2 Å². The van der Waals surface area contributed by atoms with E-state index in [0.717, 1.165) is 57.1 Å². The summed E-state index contributed by atoms with van der Waals surface area (Å²) < 4.78 is 2.33. The van der Waals surface area contributed by atoms with E-state index in [4.69, 9.17) is 0 Å². The fraction of sp³-hybridized carbons (Fsp3) is 0.550. The summed E-state index contributed by atoms with van der Waals surface area (Å²) in [4.78, 5) is 4.30. The third-order valence-electron chi connectivity index (χ3n) is 4.83. The van der Waals surface area contributed by atoms with Crippen molar-refractivity contribution in [2.75, 3.05) is 20.1 Å². The zero-order chi connectivity index (χ0) is 18.0. The lowest BCUT2D eigenvalue weighted by Crippen LogP contribution is -2.38. The second kappa shape index (κ2) is 9.94. The Bertz CT molecular complexity index is 692. The number of fused-ring (bicyclic) bond motifs is 1. The van der Waals surface area contributed by atoms with E-state index in [2.05, 4.69) is 54.7 Å². The first-order valence-electron chi connectivity index (χ1n) is 9.76. The van der Waals surface area contributed by atoms with Crippen molar-refractivity contribution in [1.82, 2.24) is 25.4 Å². The molecule has 0 unspecified atom stereocenters. The Morgan fingerprint density at radius 3 is 2.73 bits per heavy atom. The Balaban J connectivity index is 1.36. The minimum Gasteiger partial charge on any atom is -0.356 e. The molecule has 2 aromatic rings. The topological polar surface area (TPSA) is 67.1 Å². The molecule has 1 aromatic carbocycles. The molecule has 2 heterocycles. The molecule has 6 heteroatoms. The highest BCUT2D eigenvalue weighted by Gasteiger charge is 2.14. The van der Waals surface area contributed by atoms with Gasteiger partial charge in [-0.1, -0.05) is 36.8 Å². The van der Waals surface area contributed by atoms with Gasteiger partial charge in [-0.3, -0.25) is 4.99 Å². The van der Waals surface area contributed by atoms with Crippen molar-refractivity contribution < 1.29 is 0 Å². The molecule has 0 saturated carbocycles. The van der Waals surface area contributed by atoms with Crippen LogP contribution in [-0.4, -0.2) is 40.9 Å². The predicted molar refractivity (Wildman–Crippen MR) is 105 cm³/mol. The molecular formula is C20H30N6. The minimum atomic E-state index is 0.862. The second-order valence-electron chi connectivity index (χ2n) is 6.76. The standard InChI is InChI=1S/C20H30N6/c1-21-20(23-15-13-17-9-4-2-5-10-17)22-14-8-12-19-25-24-18-11-6-3-7-16-26(18)19/h2,4-5,9-10H,3,6-8,11-16H2,1H3,(H2,21,22,23). The number of aliphatic imine (C=N–C) groups is 1. The van der Waals surface area contributed by atoms with Gasteiger partial charge in [0.15, 0.2) is 5.96 Å². The maximum atomic E-state index is 4.40. The van der Waals surface area contributed by atoms with Crippen LogP contribution in [0.25, 0.3) is 0 Å². The van der Waals surface area contributed by atoms with E-state index in [1.54, 1.807) is 0 Å². The molecule has 0 amide bonds. The average Bonchev–Trinajstić information content (AvgIpc) is 2.90. The molecule has 2 N–H and O–H groups in total. The van der Waals surface area contributed by atoms with Crippen molar-refractivity contribution >= 4 is 5.96 Å². The number of rotatable bonds is 7. The summed E-state index contributed by atoms with van der Waals surface area (Å²) in [7, 11) is 1.82. The van der Waals surface area contributed by atoms with Crippen LogP contribution in [0.2, 0.25) is 0 Å². The van der Waals surface area contributed by atoms with Crippen LogP contribution in [0.3, 0.4) is 0 Å². The third kappa shape index (κ3) is 5.31. The van der Waals surface area contributed by atoms with E-state index in [-0.39, 0.29) is 0 Å². The first-order chi connectivity index (χ1) is 12.9. The largest absolute Gasteiger partial charge is 0.356 e. The highest BCUT2D eigenvalue weighted by Crippen LogP contribution is 2.15. The lowest BCUT2D eigenvalue weighted by atomic mass is 10.1. The summed E-state index contributed by atoms with van der Waals surface area (Å²) in [6.07, 6.45) is 7.84. The smallest absolute Gasteiger partial charge is 0.190 e. The zero-order valence-electron chi connectivity index (χ0n) is 15.7. The molecule has 0 spiro atoms. The molecule has 140 valence electrons. The van der Waals surface area contributed by atoms with Crippen LogP contribution in [0, 0.1) is 0 Å². The number of hydrogen-bond donors (Lipinski definition) is 2. The first kappa shape index (κ1) is 18.4. The van der Waals surface area contributed by atoms with Crippen LogP contribution >= 0.6 is 0 Å². The molecular weight excluding hydrogens is 324 g/mol. The van der Waals surface area contributed by atoms with Crippen LogP contribution < -0.4 is 10.6 Å². The quantitative estimate of drug-likeness (QED) is 0.455. The van der Waals surface area contributed by atoms with Crippen LogP contribution in [0.5, 0.6) is 0 Å². The number of benzene rings is 1. The fourth-order valence-electron chi connectivity index (χ4n) is 3.37. The maximum Gasteiger partial charge on any atom is 0.190 e. The highest BCUT2D eigenvalue weighted by molar-refractivity contribution is 5.79. The van der Waals surface area contributed by atoms with Crippen LogP contribution in [0.4, 0.5) is 0 Å². The van der Waals surface area contributed by atoms with Crippen molar-refractivity contribution in [2.45, 2.75) is 51.5 Å². The van der Waals surface area contributed by atoms with E-state index >= 15 is 0 Å². The van der Waals surface area contributed by atoms with Gasteiger partial charge in [0.2, 0.25) is 0 Å². The van der Waals surface area contributed by atoms with Gasteiger partial charge in [-0.2, -0.15) is 0 Å². The Hall–Kier alpha value is -2.37. The third-order valence-corrected chi connectivity index (χ3v) is 4.83. The summed E-state index contributed by atoms with van der Waals surface area (Å²) in [6, 6.07) is 10.5. The van der Waals surface area contributed by atoms with Gasteiger partial charge in [0.25, 0.3) is 0 Å². The van der Waals surface area contributed by atoms with Gasteiger partial charge in [0, 0.05) is 39.5 Å². The van der Waals surface area contributed by atoms with E-state index in [1.165, 1.54) is 30.7 Å². The van der Waals surface area contributed by atoms with E-state index in [0.29, 0.717) is 0 Å². The Kier molecular flexibility index (Phi) is 7.05. The van der Waals surface area contributed by atoms with E-state index in [9.17, 15) is 0 Å². The van der Waals surface area contributed by atoms with Crippen molar-refractivity contribution in [1.29, 1.82) is 0 Å². The molecule has 0 aliphatic carbocycles. The van der Waals surface area contributed by atoms with Gasteiger partial charge in [-0.15, -0.1) is 10.2 Å². The summed E-state index contributed by atoms with van der Waals surface area (Å²) in [5, 5.41) is 15.5. The highest BCUT2D eigenvalue weighted by atomic mass is 15.3. The molecule has 1 aromatic heterocycles. The van der Waals surface area contributed by atoms with E-state index < -0.39 is 0 Å². The number of nitrogens with zero attached hydrogens (tertiary/aromatic N) is 4. The Morgan fingerprint density at radius 1 is 1.04 bits per heavy atom. The van der Waals surface area contributed by atoms with Crippen molar-refractivity contribution in [2.24, 2.45) is 4.99 Å². The van der Waals surface area contributed by atoms with Crippen molar-refractivity contribution in [3.8, 4) is 0 Å².